The van der Waals surface area contributed by atoms with Crippen LogP contribution >= 0.6 is 0 Å². The summed E-state index contributed by atoms with van der Waals surface area (Å²) < 4.78 is 6.62. The molecule has 0 unspecified atom stereocenters. The second kappa shape index (κ2) is 4.05. The normalized spacial score (nSPS) is 10.4. The van der Waals surface area contributed by atoms with Crippen molar-refractivity contribution in [2.24, 2.45) is 5.73 Å². The SMILES string of the molecule is COCCn1ncnc1CN. The predicted molar refractivity (Wildman–Crippen MR) is 39.8 cm³/mol. The Morgan fingerprint density at radius 1 is 1.73 bits per heavy atom. The molecule has 2 N–H and O–H groups in total. The average molecular weight is 156 g/mol. The van der Waals surface area contributed by atoms with E-state index in [0.29, 0.717) is 19.7 Å². The first kappa shape index (κ1) is 8.16. The smallest absolute Gasteiger partial charge is 0.140 e. The summed E-state index contributed by atoms with van der Waals surface area (Å²) in [7, 11) is 1.65. The first-order chi connectivity index (χ1) is 5.38. The van der Waals surface area contributed by atoms with Crippen molar-refractivity contribution in [3.8, 4) is 0 Å². The number of nitrogens with zero attached hydrogens (tertiary/aromatic N) is 3. The molecule has 0 bridgehead atoms. The molecule has 5 heteroatoms. The van der Waals surface area contributed by atoms with Gasteiger partial charge in [-0.05, 0) is 0 Å². The minimum atomic E-state index is 0.420. The Labute approximate surface area is 65.2 Å². The van der Waals surface area contributed by atoms with E-state index in [0.717, 1.165) is 5.82 Å². The topological polar surface area (TPSA) is 66.0 Å². The first-order valence-electron chi connectivity index (χ1n) is 3.44. The van der Waals surface area contributed by atoms with E-state index < -0.39 is 0 Å². The van der Waals surface area contributed by atoms with Gasteiger partial charge in [-0.15, -0.1) is 0 Å². The zero-order valence-electron chi connectivity index (χ0n) is 6.53. The van der Waals surface area contributed by atoms with Crippen LogP contribution in [0.4, 0.5) is 0 Å². The van der Waals surface area contributed by atoms with Gasteiger partial charge in [0.1, 0.15) is 12.2 Å². The Morgan fingerprint density at radius 2 is 2.55 bits per heavy atom. The quantitative estimate of drug-likeness (QED) is 0.631. The molecule has 0 spiro atoms. The molecular formula is C6H12N4O. The van der Waals surface area contributed by atoms with Crippen molar-refractivity contribution in [2.45, 2.75) is 13.1 Å². The van der Waals surface area contributed by atoms with Gasteiger partial charge in [0.15, 0.2) is 0 Å². The lowest BCUT2D eigenvalue weighted by Gasteiger charge is -2.01. The third-order valence-electron chi connectivity index (χ3n) is 1.39. The highest BCUT2D eigenvalue weighted by molar-refractivity contribution is 4.81. The maximum absolute atomic E-state index is 5.40. The lowest BCUT2D eigenvalue weighted by molar-refractivity contribution is 0.182. The third-order valence-corrected chi connectivity index (χ3v) is 1.39. The predicted octanol–water partition coefficient (Wildman–Crippen LogP) is -0.617. The van der Waals surface area contributed by atoms with E-state index in [-0.39, 0.29) is 0 Å². The molecule has 0 aliphatic carbocycles. The Kier molecular flexibility index (Phi) is 3.00. The molecular weight excluding hydrogens is 144 g/mol. The molecule has 1 rings (SSSR count). The zero-order chi connectivity index (χ0) is 8.10. The second-order valence-corrected chi connectivity index (χ2v) is 2.10. The lowest BCUT2D eigenvalue weighted by Crippen LogP contribution is -2.12. The molecule has 11 heavy (non-hydrogen) atoms. The monoisotopic (exact) mass is 156 g/mol. The number of hydrogen-bond acceptors (Lipinski definition) is 4. The zero-order valence-corrected chi connectivity index (χ0v) is 6.53. The maximum atomic E-state index is 5.40. The van der Waals surface area contributed by atoms with Crippen LogP contribution in [0.2, 0.25) is 0 Å². The lowest BCUT2D eigenvalue weighted by atomic mass is 10.6. The van der Waals surface area contributed by atoms with Crippen LogP contribution in [0.5, 0.6) is 0 Å². The van der Waals surface area contributed by atoms with Crippen molar-refractivity contribution in [3.05, 3.63) is 12.2 Å². The van der Waals surface area contributed by atoms with Crippen molar-refractivity contribution in [2.75, 3.05) is 13.7 Å². The molecule has 0 amide bonds. The first-order valence-corrected chi connectivity index (χ1v) is 3.44. The summed E-state index contributed by atoms with van der Waals surface area (Å²) in [4.78, 5) is 3.96. The van der Waals surface area contributed by atoms with E-state index in [1.54, 1.807) is 11.8 Å². The Hall–Kier alpha value is -0.940. The summed E-state index contributed by atoms with van der Waals surface area (Å²) >= 11 is 0. The molecule has 1 heterocycles. The maximum Gasteiger partial charge on any atom is 0.140 e. The van der Waals surface area contributed by atoms with Gasteiger partial charge in [0.25, 0.3) is 0 Å². The summed E-state index contributed by atoms with van der Waals surface area (Å²) in [6.07, 6.45) is 1.50. The number of methoxy groups -OCH3 is 1. The molecule has 0 aliphatic heterocycles. The summed E-state index contributed by atoms with van der Waals surface area (Å²) in [6.45, 7) is 1.77. The number of hydrogen-bond donors (Lipinski definition) is 1. The van der Waals surface area contributed by atoms with E-state index in [1.165, 1.54) is 6.33 Å². The third kappa shape index (κ3) is 1.99. The fraction of sp³-hybridized carbons (Fsp3) is 0.667. The molecule has 1 aromatic rings. The van der Waals surface area contributed by atoms with Gasteiger partial charge < -0.3 is 10.5 Å². The fourth-order valence-corrected chi connectivity index (χ4v) is 0.811. The van der Waals surface area contributed by atoms with Crippen molar-refractivity contribution in [1.29, 1.82) is 0 Å². The second-order valence-electron chi connectivity index (χ2n) is 2.10. The van der Waals surface area contributed by atoms with Crippen molar-refractivity contribution in [3.63, 3.8) is 0 Å². The highest BCUT2D eigenvalue weighted by Crippen LogP contribution is 1.91. The molecule has 0 aliphatic rings. The van der Waals surface area contributed by atoms with Crippen LogP contribution in [-0.4, -0.2) is 28.5 Å². The fourth-order valence-electron chi connectivity index (χ4n) is 0.811. The molecule has 0 saturated heterocycles. The largest absolute Gasteiger partial charge is 0.383 e. The number of nitrogens with two attached hydrogens (primary N) is 1. The van der Waals surface area contributed by atoms with Crippen LogP contribution in [0.15, 0.2) is 6.33 Å². The van der Waals surface area contributed by atoms with Crippen molar-refractivity contribution in [1.82, 2.24) is 14.8 Å². The standard InChI is InChI=1S/C6H12N4O/c1-11-3-2-10-6(4-7)8-5-9-10/h5H,2-4,7H2,1H3. The molecule has 5 nitrogen and oxygen atoms in total. The molecule has 0 fully saturated rings. The van der Waals surface area contributed by atoms with E-state index in [1.807, 2.05) is 0 Å². The van der Waals surface area contributed by atoms with Crippen molar-refractivity contribution < 1.29 is 4.74 Å². The minimum absolute atomic E-state index is 0.420. The Bertz CT molecular complexity index is 210. The average Bonchev–Trinajstić information content (AvgIpc) is 2.47. The van der Waals surface area contributed by atoms with Gasteiger partial charge in [-0.2, -0.15) is 5.10 Å². The van der Waals surface area contributed by atoms with E-state index >= 15 is 0 Å². The molecule has 0 atom stereocenters. The van der Waals surface area contributed by atoms with E-state index in [9.17, 15) is 0 Å². The van der Waals surface area contributed by atoms with Gasteiger partial charge in [0.2, 0.25) is 0 Å². The Balaban J connectivity index is 2.54. The van der Waals surface area contributed by atoms with Gasteiger partial charge in [0, 0.05) is 7.11 Å². The molecule has 0 saturated carbocycles. The van der Waals surface area contributed by atoms with Gasteiger partial charge >= 0.3 is 0 Å². The van der Waals surface area contributed by atoms with Crippen LogP contribution in [0.25, 0.3) is 0 Å². The van der Waals surface area contributed by atoms with Crippen LogP contribution < -0.4 is 5.73 Å². The summed E-state index contributed by atoms with van der Waals surface area (Å²) in [6, 6.07) is 0. The minimum Gasteiger partial charge on any atom is -0.383 e. The van der Waals surface area contributed by atoms with Gasteiger partial charge in [-0.25, -0.2) is 9.67 Å². The molecule has 0 radical (unpaired) electrons. The summed E-state index contributed by atoms with van der Waals surface area (Å²) in [5.41, 5.74) is 5.40. The number of ether oxygens (including phenoxy) is 1. The van der Waals surface area contributed by atoms with E-state index in [2.05, 4.69) is 10.1 Å². The van der Waals surface area contributed by atoms with Gasteiger partial charge in [-0.1, -0.05) is 0 Å². The number of rotatable bonds is 4. The van der Waals surface area contributed by atoms with Crippen LogP contribution in [0, 0.1) is 0 Å². The highest BCUT2D eigenvalue weighted by atomic mass is 16.5. The molecule has 62 valence electrons. The highest BCUT2D eigenvalue weighted by Gasteiger charge is 1.99. The van der Waals surface area contributed by atoms with Gasteiger partial charge in [0.05, 0.1) is 19.7 Å². The van der Waals surface area contributed by atoms with Crippen LogP contribution in [0.1, 0.15) is 5.82 Å². The van der Waals surface area contributed by atoms with Crippen molar-refractivity contribution >= 4 is 0 Å². The van der Waals surface area contributed by atoms with Gasteiger partial charge in [-0.3, -0.25) is 0 Å². The van der Waals surface area contributed by atoms with Crippen LogP contribution in [-0.2, 0) is 17.8 Å². The molecule has 0 aromatic carbocycles. The van der Waals surface area contributed by atoms with Crippen LogP contribution in [0.3, 0.4) is 0 Å². The summed E-state index contributed by atoms with van der Waals surface area (Å²) in [5, 5.41) is 3.97. The summed E-state index contributed by atoms with van der Waals surface area (Å²) in [5.74, 6) is 0.794. The number of aromatic nitrogens is 3. The molecule has 1 aromatic heterocycles. The Morgan fingerprint density at radius 3 is 3.18 bits per heavy atom. The van der Waals surface area contributed by atoms with E-state index in [4.69, 9.17) is 10.5 Å².